The van der Waals surface area contributed by atoms with Crippen LogP contribution in [0.1, 0.15) is 5.56 Å². The van der Waals surface area contributed by atoms with Crippen molar-refractivity contribution in [2.24, 2.45) is 0 Å². The second kappa shape index (κ2) is 5.53. The highest BCUT2D eigenvalue weighted by molar-refractivity contribution is 5.32. The van der Waals surface area contributed by atoms with E-state index in [0.29, 0.717) is 17.6 Å². The summed E-state index contributed by atoms with van der Waals surface area (Å²) in [6, 6.07) is 7.80. The minimum absolute atomic E-state index is 0.184. The molecule has 0 fully saturated rings. The lowest BCUT2D eigenvalue weighted by Gasteiger charge is -2.07. The molecule has 106 valence electrons. The van der Waals surface area contributed by atoms with Crippen LogP contribution in [0.2, 0.25) is 0 Å². The van der Waals surface area contributed by atoms with Crippen LogP contribution < -0.4 is 10.1 Å². The van der Waals surface area contributed by atoms with Gasteiger partial charge in [0.15, 0.2) is 0 Å². The fraction of sp³-hybridized carbons (Fsp3) is 0.154. The highest BCUT2D eigenvalue weighted by Crippen LogP contribution is 2.19. The van der Waals surface area contributed by atoms with Gasteiger partial charge in [0.05, 0.1) is 0 Å². The van der Waals surface area contributed by atoms with Crippen molar-refractivity contribution in [3.63, 3.8) is 0 Å². The van der Waals surface area contributed by atoms with Crippen molar-refractivity contribution >= 4 is 5.95 Å². The first-order valence-corrected chi connectivity index (χ1v) is 6.28. The second-order valence-corrected chi connectivity index (χ2v) is 4.25. The van der Waals surface area contributed by atoms with Crippen LogP contribution in [0.5, 0.6) is 11.8 Å². The average Bonchev–Trinajstić information content (AvgIpc) is 3.04. The zero-order valence-electron chi connectivity index (χ0n) is 11.6. The minimum Gasteiger partial charge on any atom is -0.424 e. The molecule has 21 heavy (non-hydrogen) atoms. The molecule has 2 heterocycles. The molecule has 2 aromatic heterocycles. The lowest BCUT2D eigenvalue weighted by atomic mass is 10.2. The van der Waals surface area contributed by atoms with E-state index in [1.54, 1.807) is 7.05 Å². The molecular formula is C13H13N7O. The van der Waals surface area contributed by atoms with Gasteiger partial charge in [0.25, 0.3) is 5.95 Å². The Kier molecular flexibility index (Phi) is 3.42. The van der Waals surface area contributed by atoms with E-state index in [1.807, 2.05) is 31.2 Å². The molecule has 0 atom stereocenters. The molecule has 0 aliphatic carbocycles. The molecule has 3 rings (SSSR count). The summed E-state index contributed by atoms with van der Waals surface area (Å²) in [5.74, 6) is 1.37. The van der Waals surface area contributed by atoms with E-state index in [4.69, 9.17) is 4.74 Å². The Labute approximate surface area is 120 Å². The monoisotopic (exact) mass is 283 g/mol. The molecule has 0 bridgehead atoms. The largest absolute Gasteiger partial charge is 0.424 e. The van der Waals surface area contributed by atoms with Crippen LogP contribution in [-0.4, -0.2) is 36.8 Å². The first kappa shape index (κ1) is 13.0. The third-order valence-corrected chi connectivity index (χ3v) is 2.68. The molecule has 0 aliphatic heterocycles. The molecule has 0 unspecified atom stereocenters. The molecule has 0 spiro atoms. The maximum absolute atomic E-state index is 5.65. The number of nitrogens with one attached hydrogen (secondary N) is 1. The molecule has 0 saturated carbocycles. The summed E-state index contributed by atoms with van der Waals surface area (Å²) in [7, 11) is 1.72. The Bertz CT molecular complexity index is 725. The third-order valence-electron chi connectivity index (χ3n) is 2.68. The zero-order valence-corrected chi connectivity index (χ0v) is 11.6. The molecule has 1 N–H and O–H groups in total. The van der Waals surface area contributed by atoms with E-state index in [2.05, 4.69) is 30.4 Å². The van der Waals surface area contributed by atoms with Crippen molar-refractivity contribution < 1.29 is 4.74 Å². The highest BCUT2D eigenvalue weighted by Gasteiger charge is 2.09. The van der Waals surface area contributed by atoms with E-state index in [0.717, 1.165) is 5.56 Å². The van der Waals surface area contributed by atoms with Crippen molar-refractivity contribution in [3.8, 4) is 17.7 Å². The summed E-state index contributed by atoms with van der Waals surface area (Å²) in [6.07, 6.45) is 2.91. The van der Waals surface area contributed by atoms with E-state index in [-0.39, 0.29) is 6.01 Å². The molecule has 0 radical (unpaired) electrons. The van der Waals surface area contributed by atoms with E-state index in [1.165, 1.54) is 17.3 Å². The van der Waals surface area contributed by atoms with E-state index in [9.17, 15) is 0 Å². The smallest absolute Gasteiger partial charge is 0.328 e. The number of nitrogens with zero attached hydrogens (tertiary/aromatic N) is 6. The Hall–Kier alpha value is -3.03. The standard InChI is InChI=1S/C13H13N7O/c1-9-3-5-10(6-4-9)21-13-18-11(14-2)17-12(19-13)20-8-15-7-16-20/h3-8H,1-2H3,(H,14,17,18,19). The fourth-order valence-electron chi connectivity index (χ4n) is 1.63. The molecule has 3 aromatic rings. The Morgan fingerprint density at radius 2 is 1.90 bits per heavy atom. The average molecular weight is 283 g/mol. The van der Waals surface area contributed by atoms with Gasteiger partial charge in [0.1, 0.15) is 18.4 Å². The number of hydrogen-bond acceptors (Lipinski definition) is 7. The van der Waals surface area contributed by atoms with Crippen LogP contribution in [0.3, 0.4) is 0 Å². The zero-order chi connectivity index (χ0) is 14.7. The van der Waals surface area contributed by atoms with Crippen molar-refractivity contribution in [1.82, 2.24) is 29.7 Å². The van der Waals surface area contributed by atoms with Gasteiger partial charge in [-0.3, -0.25) is 0 Å². The van der Waals surface area contributed by atoms with Crippen LogP contribution in [0.15, 0.2) is 36.9 Å². The highest BCUT2D eigenvalue weighted by atomic mass is 16.5. The number of hydrogen-bond donors (Lipinski definition) is 1. The van der Waals surface area contributed by atoms with Crippen LogP contribution in [-0.2, 0) is 0 Å². The van der Waals surface area contributed by atoms with Gasteiger partial charge in [-0.25, -0.2) is 4.98 Å². The lowest BCUT2D eigenvalue weighted by molar-refractivity contribution is 0.438. The number of benzene rings is 1. The van der Waals surface area contributed by atoms with Gasteiger partial charge in [-0.05, 0) is 19.1 Å². The van der Waals surface area contributed by atoms with Crippen LogP contribution in [0.4, 0.5) is 5.95 Å². The Morgan fingerprint density at radius 1 is 1.10 bits per heavy atom. The quantitative estimate of drug-likeness (QED) is 0.777. The van der Waals surface area contributed by atoms with Gasteiger partial charge in [-0.1, -0.05) is 17.7 Å². The molecule has 0 saturated heterocycles. The topological polar surface area (TPSA) is 90.6 Å². The summed E-state index contributed by atoms with van der Waals surface area (Å²) in [6.45, 7) is 2.01. The number of aryl methyl sites for hydroxylation is 1. The molecule has 8 heteroatoms. The van der Waals surface area contributed by atoms with E-state index < -0.39 is 0 Å². The second-order valence-electron chi connectivity index (χ2n) is 4.25. The fourth-order valence-corrected chi connectivity index (χ4v) is 1.63. The first-order valence-electron chi connectivity index (χ1n) is 6.28. The third kappa shape index (κ3) is 2.94. The van der Waals surface area contributed by atoms with Crippen molar-refractivity contribution in [3.05, 3.63) is 42.5 Å². The summed E-state index contributed by atoms with van der Waals surface area (Å²) < 4.78 is 7.09. The summed E-state index contributed by atoms with van der Waals surface area (Å²) in [5.41, 5.74) is 1.15. The molecule has 8 nitrogen and oxygen atoms in total. The Balaban J connectivity index is 1.94. The first-order chi connectivity index (χ1) is 10.2. The van der Waals surface area contributed by atoms with Gasteiger partial charge in [0.2, 0.25) is 5.95 Å². The van der Waals surface area contributed by atoms with Gasteiger partial charge < -0.3 is 10.1 Å². The predicted octanol–water partition coefficient (Wildman–Crippen LogP) is 1.59. The maximum atomic E-state index is 5.65. The summed E-state index contributed by atoms with van der Waals surface area (Å²) in [4.78, 5) is 16.4. The Morgan fingerprint density at radius 3 is 2.57 bits per heavy atom. The van der Waals surface area contributed by atoms with Gasteiger partial charge in [0, 0.05) is 7.05 Å². The SMILES string of the molecule is CNc1nc(Oc2ccc(C)cc2)nc(-n2cncn2)n1. The minimum atomic E-state index is 0.184. The van der Waals surface area contributed by atoms with Crippen molar-refractivity contribution in [2.75, 3.05) is 12.4 Å². The van der Waals surface area contributed by atoms with Crippen LogP contribution in [0, 0.1) is 6.92 Å². The summed E-state index contributed by atoms with van der Waals surface area (Å²) in [5, 5.41) is 6.85. The van der Waals surface area contributed by atoms with Crippen LogP contribution in [0.25, 0.3) is 5.95 Å². The molecular weight excluding hydrogens is 270 g/mol. The molecule has 1 aromatic carbocycles. The van der Waals surface area contributed by atoms with Crippen molar-refractivity contribution in [2.45, 2.75) is 6.92 Å². The number of aromatic nitrogens is 6. The number of ether oxygens (including phenoxy) is 1. The van der Waals surface area contributed by atoms with Crippen LogP contribution >= 0.6 is 0 Å². The predicted molar refractivity (Wildman–Crippen MR) is 75.5 cm³/mol. The number of rotatable bonds is 4. The summed E-state index contributed by atoms with van der Waals surface area (Å²) >= 11 is 0. The molecule has 0 amide bonds. The van der Waals surface area contributed by atoms with Gasteiger partial charge in [-0.15, -0.1) is 0 Å². The lowest BCUT2D eigenvalue weighted by Crippen LogP contribution is -2.08. The maximum Gasteiger partial charge on any atom is 0.328 e. The van der Waals surface area contributed by atoms with Gasteiger partial charge in [-0.2, -0.15) is 24.7 Å². The molecule has 0 aliphatic rings. The van der Waals surface area contributed by atoms with E-state index >= 15 is 0 Å². The van der Waals surface area contributed by atoms with Gasteiger partial charge >= 0.3 is 6.01 Å². The number of anilines is 1. The van der Waals surface area contributed by atoms with Crippen molar-refractivity contribution in [1.29, 1.82) is 0 Å². The normalized spacial score (nSPS) is 10.4.